The lowest BCUT2D eigenvalue weighted by Crippen LogP contribution is -2.06. The predicted molar refractivity (Wildman–Crippen MR) is 31.0 cm³/mol. The Morgan fingerprint density at radius 1 is 1.88 bits per heavy atom. The Bertz CT molecular complexity index is 238. The van der Waals surface area contributed by atoms with Crippen molar-refractivity contribution >= 4 is 16.1 Å². The Labute approximate surface area is 53.1 Å². The summed E-state index contributed by atoms with van der Waals surface area (Å²) in [5.41, 5.74) is -0.387. The molecule has 1 heterocycles. The number of aromatic nitrogens is 2. The molecule has 0 amide bonds. The van der Waals surface area contributed by atoms with Crippen molar-refractivity contribution in [3.05, 3.63) is 16.7 Å². The molecule has 8 heavy (non-hydrogen) atoms. The third-order valence-corrected chi connectivity index (χ3v) is 1.19. The first kappa shape index (κ1) is 5.43. The van der Waals surface area contributed by atoms with E-state index < -0.39 is 0 Å². The summed E-state index contributed by atoms with van der Waals surface area (Å²) in [6.07, 6.45) is 1.22. The third-order valence-electron chi connectivity index (χ3n) is 0.665. The van der Waals surface area contributed by atoms with E-state index in [1.807, 2.05) is 0 Å². The summed E-state index contributed by atoms with van der Waals surface area (Å²) in [5, 5.41) is 8.53. The van der Waals surface area contributed by atoms with Crippen LogP contribution in [0.1, 0.15) is 0 Å². The van der Waals surface area contributed by atoms with Crippen LogP contribution in [0.2, 0.25) is 0 Å². The molecule has 1 aromatic heterocycles. The number of nitrogens with zero attached hydrogens (tertiary/aromatic N) is 1. The molecule has 2 N–H and O–H groups in total. The van der Waals surface area contributed by atoms with Gasteiger partial charge in [0.1, 0.15) is 0 Å². The van der Waals surface area contributed by atoms with E-state index in [9.17, 15) is 4.79 Å². The molecule has 0 spiro atoms. The van der Waals surface area contributed by atoms with E-state index in [1.54, 1.807) is 0 Å². The summed E-state index contributed by atoms with van der Waals surface area (Å²) in [6.45, 7) is 0. The van der Waals surface area contributed by atoms with Gasteiger partial charge < -0.3 is 5.11 Å². The van der Waals surface area contributed by atoms with Crippen molar-refractivity contribution in [3.63, 3.8) is 0 Å². The largest absolute Gasteiger partial charge is 0.493 e. The van der Waals surface area contributed by atoms with Crippen molar-refractivity contribution in [1.29, 1.82) is 0 Å². The second-order valence-electron chi connectivity index (χ2n) is 1.26. The van der Waals surface area contributed by atoms with E-state index in [0.29, 0.717) is 0 Å². The Balaban J connectivity index is 3.35. The average Bonchev–Trinajstić information content (AvgIpc) is 1.85. The first-order valence-corrected chi connectivity index (χ1v) is 2.58. The summed E-state index contributed by atoms with van der Waals surface area (Å²) in [4.78, 5) is 12.5. The molecule has 0 aliphatic heterocycles. The van der Waals surface area contributed by atoms with E-state index in [4.69, 9.17) is 5.11 Å². The molecule has 1 rings (SSSR count). The quantitative estimate of drug-likeness (QED) is 0.590. The normalized spacial score (nSPS) is 9.62. The van der Waals surface area contributed by atoms with Crippen molar-refractivity contribution in [2.75, 3.05) is 0 Å². The summed E-state index contributed by atoms with van der Waals surface area (Å²) in [7, 11) is 0. The fraction of sp³-hybridized carbons (Fsp3) is 0. The van der Waals surface area contributed by atoms with Crippen LogP contribution in [-0.2, 0) is 0 Å². The molecule has 44 valence electrons. The van der Waals surface area contributed by atoms with Crippen LogP contribution in [0.3, 0.4) is 0 Å². The number of aromatic amines is 1. The van der Waals surface area contributed by atoms with E-state index in [1.165, 1.54) is 6.20 Å². The van der Waals surface area contributed by atoms with Crippen LogP contribution in [0.5, 0.6) is 5.88 Å². The number of hydrogen-bond acceptors (Lipinski definition) is 2. The maximum absolute atomic E-state index is 10.3. The van der Waals surface area contributed by atoms with Gasteiger partial charge in [-0.15, -0.1) is 0 Å². The van der Waals surface area contributed by atoms with Gasteiger partial charge in [-0.3, -0.25) is 4.98 Å². The highest BCUT2D eigenvalue weighted by atomic mass is 79.9. The Morgan fingerprint density at radius 2 is 2.50 bits per heavy atom. The van der Waals surface area contributed by atoms with Gasteiger partial charge in [-0.2, -0.15) is 0 Å². The number of nitrogens with one attached hydrogen (secondary N) is 1. The van der Waals surface area contributed by atoms with Crippen molar-refractivity contribution < 1.29 is 5.11 Å². The van der Waals surface area contributed by atoms with Gasteiger partial charge in [-0.25, -0.2) is 8.39 Å². The monoisotopic (exact) mass is 178 g/mol. The van der Waals surface area contributed by atoms with Crippen LogP contribution in [0.4, 0.5) is 0 Å². The van der Waals surface area contributed by atoms with Gasteiger partial charge in [0.2, 0.25) is 5.88 Å². The lowest BCUT2D eigenvalue weighted by molar-refractivity contribution is 0.455. The second-order valence-corrected chi connectivity index (χ2v) is 2.02. The molecule has 1 aromatic rings. The average molecular weight is 179 g/mol. The molecule has 5 heteroatoms. The minimum atomic E-state index is -0.387. The topological polar surface area (TPSA) is 58.0 Å². The van der Waals surface area contributed by atoms with Crippen molar-refractivity contribution in [1.82, 2.24) is 8.58 Å². The second kappa shape index (κ2) is 1.66. The van der Waals surface area contributed by atoms with E-state index in [2.05, 4.69) is 21.1 Å². The fourth-order valence-corrected chi connectivity index (χ4v) is 0.644. The predicted octanol–water partition coefficient (Wildman–Crippen LogP) is 0.0400. The number of rotatable bonds is 0. The maximum Gasteiger partial charge on any atom is 0.338 e. The summed E-state index contributed by atoms with van der Waals surface area (Å²) >= 11 is 2.83. The first-order valence-electron chi connectivity index (χ1n) is 1.87. The molecule has 0 saturated carbocycles. The molecule has 0 aliphatic carbocycles. The SMILES string of the molecule is O=c1[nH]c(O)cn1Br. The zero-order valence-corrected chi connectivity index (χ0v) is 5.34. The summed E-state index contributed by atoms with van der Waals surface area (Å²) in [5.74, 6) is -0.146. The van der Waals surface area contributed by atoms with Crippen molar-refractivity contribution in [2.45, 2.75) is 0 Å². The Hall–Kier alpha value is -0.710. The zero-order chi connectivity index (χ0) is 6.15. The van der Waals surface area contributed by atoms with Crippen molar-refractivity contribution in [3.8, 4) is 5.88 Å². The third kappa shape index (κ3) is 0.764. The maximum atomic E-state index is 10.3. The van der Waals surface area contributed by atoms with Gasteiger partial charge in [0.25, 0.3) is 0 Å². The van der Waals surface area contributed by atoms with Gasteiger partial charge in [0.05, 0.1) is 22.3 Å². The van der Waals surface area contributed by atoms with Crippen LogP contribution < -0.4 is 5.69 Å². The van der Waals surface area contributed by atoms with Crippen LogP contribution in [0.25, 0.3) is 0 Å². The van der Waals surface area contributed by atoms with E-state index >= 15 is 0 Å². The fourth-order valence-electron chi connectivity index (χ4n) is 0.361. The van der Waals surface area contributed by atoms with E-state index in [0.717, 1.165) is 3.59 Å². The van der Waals surface area contributed by atoms with Crippen molar-refractivity contribution in [2.24, 2.45) is 0 Å². The Kier molecular flexibility index (Phi) is 1.13. The molecule has 0 unspecified atom stereocenters. The number of halogens is 1. The molecule has 0 fully saturated rings. The van der Waals surface area contributed by atoms with Gasteiger partial charge in [-0.05, 0) is 0 Å². The highest BCUT2D eigenvalue weighted by Gasteiger charge is 1.93. The van der Waals surface area contributed by atoms with Crippen LogP contribution >= 0.6 is 16.1 Å². The molecule has 0 radical (unpaired) electrons. The smallest absolute Gasteiger partial charge is 0.338 e. The standard InChI is InChI=1S/C3H3BrN2O2/c4-6-1-2(7)5-3(6)8/h1,7H,(H,5,8). The van der Waals surface area contributed by atoms with Crippen LogP contribution in [0, 0.1) is 0 Å². The highest BCUT2D eigenvalue weighted by molar-refractivity contribution is 9.08. The highest BCUT2D eigenvalue weighted by Crippen LogP contribution is 1.98. The molecular weight excluding hydrogens is 176 g/mol. The molecule has 0 atom stereocenters. The summed E-state index contributed by atoms with van der Waals surface area (Å²) in [6, 6.07) is 0. The first-order chi connectivity index (χ1) is 3.70. The molecule has 0 aliphatic rings. The number of H-pyrrole nitrogens is 1. The molecule has 0 bridgehead atoms. The minimum absolute atomic E-state index is 0.146. The van der Waals surface area contributed by atoms with Gasteiger partial charge >= 0.3 is 5.69 Å². The number of hydrogen-bond donors (Lipinski definition) is 2. The van der Waals surface area contributed by atoms with Gasteiger partial charge in [-0.1, -0.05) is 0 Å². The van der Waals surface area contributed by atoms with Crippen LogP contribution in [0.15, 0.2) is 11.0 Å². The zero-order valence-electron chi connectivity index (χ0n) is 3.76. The lowest BCUT2D eigenvalue weighted by atomic mass is 10.9. The molecular formula is C3H3BrN2O2. The van der Waals surface area contributed by atoms with E-state index in [-0.39, 0.29) is 11.6 Å². The lowest BCUT2D eigenvalue weighted by Gasteiger charge is -1.73. The number of imidazole rings is 1. The van der Waals surface area contributed by atoms with Gasteiger partial charge in [0, 0.05) is 0 Å². The molecule has 0 saturated heterocycles. The Morgan fingerprint density at radius 3 is 2.62 bits per heavy atom. The van der Waals surface area contributed by atoms with Gasteiger partial charge in [0.15, 0.2) is 0 Å². The minimum Gasteiger partial charge on any atom is -0.493 e. The molecule has 0 aromatic carbocycles. The number of aromatic hydroxyl groups is 1. The van der Waals surface area contributed by atoms with Crippen LogP contribution in [-0.4, -0.2) is 13.7 Å². The molecule has 4 nitrogen and oxygen atoms in total. The summed E-state index contributed by atoms with van der Waals surface area (Å²) < 4.78 is 1.07.